The Bertz CT molecular complexity index is 595. The minimum absolute atomic E-state index is 0.0336. The molecule has 0 bridgehead atoms. The van der Waals surface area contributed by atoms with Crippen molar-refractivity contribution in [3.8, 4) is 11.5 Å². The van der Waals surface area contributed by atoms with Crippen molar-refractivity contribution in [3.05, 3.63) is 23.8 Å². The van der Waals surface area contributed by atoms with E-state index in [0.717, 1.165) is 17.7 Å². The fourth-order valence-corrected chi connectivity index (χ4v) is 3.47. The third-order valence-electron chi connectivity index (χ3n) is 3.94. The van der Waals surface area contributed by atoms with Gasteiger partial charge in [-0.15, -0.1) is 0 Å². The van der Waals surface area contributed by atoms with Crippen molar-refractivity contribution in [1.29, 1.82) is 0 Å². The van der Waals surface area contributed by atoms with Gasteiger partial charge in [0.2, 0.25) is 0 Å². The maximum atomic E-state index is 12.6. The number of benzene rings is 1. The van der Waals surface area contributed by atoms with Crippen LogP contribution in [0.3, 0.4) is 0 Å². The molecule has 0 spiro atoms. The Morgan fingerprint density at radius 3 is 2.65 bits per heavy atom. The summed E-state index contributed by atoms with van der Waals surface area (Å²) in [5.74, 6) is 2.26. The summed E-state index contributed by atoms with van der Waals surface area (Å²) in [6, 6.07) is 5.26. The van der Waals surface area contributed by atoms with Crippen molar-refractivity contribution < 1.29 is 14.3 Å². The van der Waals surface area contributed by atoms with Crippen LogP contribution in [0.1, 0.15) is 24.9 Å². The molecule has 1 amide bonds. The number of methoxy groups -OCH3 is 2. The summed E-state index contributed by atoms with van der Waals surface area (Å²) in [5.41, 5.74) is 0.950. The molecule has 0 aliphatic carbocycles. The predicted molar refractivity (Wildman–Crippen MR) is 97.3 cm³/mol. The van der Waals surface area contributed by atoms with Gasteiger partial charge < -0.3 is 14.8 Å². The maximum absolute atomic E-state index is 12.6. The summed E-state index contributed by atoms with van der Waals surface area (Å²) in [6.45, 7) is 1.96. The van der Waals surface area contributed by atoms with Crippen molar-refractivity contribution in [3.63, 3.8) is 0 Å². The van der Waals surface area contributed by atoms with E-state index in [1.54, 1.807) is 30.9 Å². The van der Waals surface area contributed by atoms with Crippen LogP contribution in [0, 0.1) is 0 Å². The first kappa shape index (κ1) is 17.9. The summed E-state index contributed by atoms with van der Waals surface area (Å²) in [4.78, 5) is 14.3. The highest BCUT2D eigenvalue weighted by atomic mass is 32.2. The Morgan fingerprint density at radius 2 is 2.04 bits per heavy atom. The molecule has 1 N–H and O–H groups in total. The largest absolute Gasteiger partial charge is 0.493 e. The Morgan fingerprint density at radius 1 is 1.35 bits per heavy atom. The lowest BCUT2D eigenvalue weighted by Crippen LogP contribution is -2.34. The van der Waals surface area contributed by atoms with Gasteiger partial charge in [0, 0.05) is 0 Å². The highest BCUT2D eigenvalue weighted by molar-refractivity contribution is 7.98. The molecule has 2 atom stereocenters. The van der Waals surface area contributed by atoms with Crippen LogP contribution in [0.2, 0.25) is 0 Å². The van der Waals surface area contributed by atoms with Crippen LogP contribution in [-0.4, -0.2) is 48.2 Å². The van der Waals surface area contributed by atoms with E-state index in [2.05, 4.69) is 5.32 Å². The zero-order chi connectivity index (χ0) is 17.0. The molecule has 0 unspecified atom stereocenters. The number of hydrogen-bond acceptors (Lipinski definition) is 5. The molecular formula is C16H22N2O3S2. The smallest absolute Gasteiger partial charge is 0.251 e. The lowest BCUT2D eigenvalue weighted by Gasteiger charge is -2.24. The van der Waals surface area contributed by atoms with E-state index in [-0.39, 0.29) is 18.0 Å². The number of thioether (sulfide) groups is 1. The van der Waals surface area contributed by atoms with E-state index >= 15 is 0 Å². The van der Waals surface area contributed by atoms with Crippen molar-refractivity contribution in [2.75, 3.05) is 26.2 Å². The van der Waals surface area contributed by atoms with Crippen LogP contribution >= 0.6 is 24.0 Å². The molecule has 0 radical (unpaired) electrons. The van der Waals surface area contributed by atoms with Gasteiger partial charge in [0.15, 0.2) is 16.6 Å². The summed E-state index contributed by atoms with van der Waals surface area (Å²) < 4.78 is 10.6. The number of carbonyl (C=O) groups is 1. The highest BCUT2D eigenvalue weighted by Gasteiger charge is 2.38. The molecule has 1 aromatic carbocycles. The summed E-state index contributed by atoms with van der Waals surface area (Å²) in [5, 5.41) is 3.62. The minimum atomic E-state index is -0.224. The van der Waals surface area contributed by atoms with E-state index in [9.17, 15) is 4.79 Å². The summed E-state index contributed by atoms with van der Waals surface area (Å²) >= 11 is 7.08. The monoisotopic (exact) mass is 354 g/mol. The van der Waals surface area contributed by atoms with Crippen molar-refractivity contribution in [2.24, 2.45) is 0 Å². The lowest BCUT2D eigenvalue weighted by atomic mass is 10.1. The third-order valence-corrected chi connectivity index (χ3v) is 4.90. The van der Waals surface area contributed by atoms with Gasteiger partial charge in [0.05, 0.1) is 20.3 Å². The highest BCUT2D eigenvalue weighted by Crippen LogP contribution is 2.33. The summed E-state index contributed by atoms with van der Waals surface area (Å²) in [6.07, 6.45) is 2.80. The van der Waals surface area contributed by atoms with Gasteiger partial charge in [0.1, 0.15) is 6.04 Å². The van der Waals surface area contributed by atoms with Crippen LogP contribution in [-0.2, 0) is 4.79 Å². The zero-order valence-corrected chi connectivity index (χ0v) is 15.4. The molecule has 1 fully saturated rings. The lowest BCUT2D eigenvalue weighted by molar-refractivity contribution is -0.128. The molecule has 1 aromatic rings. The van der Waals surface area contributed by atoms with Gasteiger partial charge in [0.25, 0.3) is 5.91 Å². The van der Waals surface area contributed by atoms with E-state index in [4.69, 9.17) is 21.7 Å². The molecule has 5 nitrogen and oxygen atoms in total. The van der Waals surface area contributed by atoms with Crippen LogP contribution in [0.5, 0.6) is 11.5 Å². The number of ether oxygens (including phenoxy) is 2. The van der Waals surface area contributed by atoms with Crippen molar-refractivity contribution >= 4 is 35.0 Å². The van der Waals surface area contributed by atoms with Crippen LogP contribution in [0.4, 0.5) is 0 Å². The molecule has 126 valence electrons. The van der Waals surface area contributed by atoms with Gasteiger partial charge in [-0.1, -0.05) is 6.07 Å². The molecule has 0 aromatic heterocycles. The first-order valence-electron chi connectivity index (χ1n) is 7.37. The standard InChI is InChI=1S/C16H22N2O3S2/c1-10(11-5-6-13(20-2)14(9-11)21-3)18-15(19)12(7-8-23-4)17-16(18)22/h5-6,9-10,12H,7-8H2,1-4H3,(H,17,22)/t10-,12+/m1/s1. The fraction of sp³-hybridized carbons (Fsp3) is 0.500. The second kappa shape index (κ2) is 7.88. The molecule has 1 aliphatic heterocycles. The Balaban J connectivity index is 2.21. The predicted octanol–water partition coefficient (Wildman–Crippen LogP) is 2.60. The van der Waals surface area contributed by atoms with E-state index in [1.165, 1.54) is 0 Å². The Hall–Kier alpha value is -1.47. The molecule has 2 rings (SSSR count). The van der Waals surface area contributed by atoms with Gasteiger partial charge >= 0.3 is 0 Å². The van der Waals surface area contributed by atoms with Crippen molar-refractivity contribution in [2.45, 2.75) is 25.4 Å². The Kier molecular flexibility index (Phi) is 6.12. The molecular weight excluding hydrogens is 332 g/mol. The van der Waals surface area contributed by atoms with Crippen LogP contribution < -0.4 is 14.8 Å². The first-order valence-corrected chi connectivity index (χ1v) is 9.18. The van der Waals surface area contributed by atoms with Crippen LogP contribution in [0.15, 0.2) is 18.2 Å². The van der Waals surface area contributed by atoms with Gasteiger partial charge in [-0.3, -0.25) is 9.69 Å². The first-order chi connectivity index (χ1) is 11.0. The molecule has 7 heteroatoms. The molecule has 1 saturated heterocycles. The normalized spacial score (nSPS) is 18.8. The summed E-state index contributed by atoms with van der Waals surface area (Å²) in [7, 11) is 3.19. The number of amides is 1. The van der Waals surface area contributed by atoms with Gasteiger partial charge in [-0.2, -0.15) is 11.8 Å². The van der Waals surface area contributed by atoms with Gasteiger partial charge in [-0.05, 0) is 55.3 Å². The Labute approximate surface area is 146 Å². The minimum Gasteiger partial charge on any atom is -0.493 e. The maximum Gasteiger partial charge on any atom is 0.251 e. The molecule has 1 aliphatic rings. The average molecular weight is 354 g/mol. The number of rotatable bonds is 7. The SMILES string of the molecule is COc1ccc([C@@H](C)N2C(=O)[C@H](CCSC)NC2=S)cc1OC. The number of nitrogens with one attached hydrogen (secondary N) is 1. The topological polar surface area (TPSA) is 50.8 Å². The number of thiocarbonyl (C=S) groups is 1. The second-order valence-corrected chi connectivity index (χ2v) is 6.65. The molecule has 23 heavy (non-hydrogen) atoms. The zero-order valence-electron chi connectivity index (χ0n) is 13.8. The number of nitrogens with zero attached hydrogens (tertiary/aromatic N) is 1. The quantitative estimate of drug-likeness (QED) is 0.760. The van der Waals surface area contributed by atoms with E-state index in [1.807, 2.05) is 31.4 Å². The van der Waals surface area contributed by atoms with E-state index in [0.29, 0.717) is 16.6 Å². The fourth-order valence-electron chi connectivity index (χ4n) is 2.61. The van der Waals surface area contributed by atoms with Crippen LogP contribution in [0.25, 0.3) is 0 Å². The number of carbonyl (C=O) groups excluding carboxylic acids is 1. The van der Waals surface area contributed by atoms with Crippen molar-refractivity contribution in [1.82, 2.24) is 10.2 Å². The average Bonchev–Trinajstić information content (AvgIpc) is 2.85. The molecule has 1 heterocycles. The number of hydrogen-bond donors (Lipinski definition) is 1. The second-order valence-electron chi connectivity index (χ2n) is 5.28. The molecule has 0 saturated carbocycles. The third kappa shape index (κ3) is 3.72. The van der Waals surface area contributed by atoms with E-state index < -0.39 is 0 Å². The van der Waals surface area contributed by atoms with Gasteiger partial charge in [-0.25, -0.2) is 0 Å².